The first-order chi connectivity index (χ1) is 12.4. The van der Waals surface area contributed by atoms with Crippen LogP contribution in [0, 0.1) is 10.1 Å². The van der Waals surface area contributed by atoms with Gasteiger partial charge < -0.3 is 10.4 Å². The van der Waals surface area contributed by atoms with E-state index in [1.165, 1.54) is 19.1 Å². The molecule has 0 spiro atoms. The highest BCUT2D eigenvalue weighted by Gasteiger charge is 2.29. The van der Waals surface area contributed by atoms with Crippen molar-refractivity contribution in [1.29, 1.82) is 0 Å². The van der Waals surface area contributed by atoms with Crippen LogP contribution in [0.1, 0.15) is 31.0 Å². The Morgan fingerprint density at radius 3 is 2.54 bits per heavy atom. The molecule has 0 saturated heterocycles. The number of nitrogens with one attached hydrogen (secondary N) is 1. The number of ketones is 1. The van der Waals surface area contributed by atoms with Gasteiger partial charge >= 0.3 is 5.69 Å². The molecule has 0 aromatic heterocycles. The highest BCUT2D eigenvalue weighted by Crippen LogP contribution is 2.34. The van der Waals surface area contributed by atoms with Crippen LogP contribution < -0.4 is 5.32 Å². The Morgan fingerprint density at radius 2 is 1.92 bits per heavy atom. The van der Waals surface area contributed by atoms with E-state index in [1.54, 1.807) is 13.0 Å². The fraction of sp³-hybridized carbons (Fsp3) is 0.158. The summed E-state index contributed by atoms with van der Waals surface area (Å²) in [6, 6.07) is 12.9. The van der Waals surface area contributed by atoms with E-state index in [0.717, 1.165) is 5.56 Å². The lowest BCUT2D eigenvalue weighted by Crippen LogP contribution is -2.35. The van der Waals surface area contributed by atoms with E-state index < -0.39 is 22.4 Å². The zero-order chi connectivity index (χ0) is 18.8. The van der Waals surface area contributed by atoms with Crippen LogP contribution in [0.15, 0.2) is 64.8 Å². The molecular formula is C19H17N3O4. The van der Waals surface area contributed by atoms with Crippen LogP contribution in [0.5, 0.6) is 5.75 Å². The van der Waals surface area contributed by atoms with Crippen LogP contribution >= 0.6 is 0 Å². The van der Waals surface area contributed by atoms with Gasteiger partial charge in [-0.25, -0.2) is 4.99 Å². The number of aliphatic imine (C=N–C) groups is 1. The molecule has 7 nitrogen and oxygen atoms in total. The van der Waals surface area contributed by atoms with Crippen molar-refractivity contribution in [3.63, 3.8) is 0 Å². The number of carbonyl (C=O) groups is 1. The van der Waals surface area contributed by atoms with E-state index >= 15 is 0 Å². The van der Waals surface area contributed by atoms with E-state index in [1.807, 2.05) is 30.3 Å². The summed E-state index contributed by atoms with van der Waals surface area (Å²) >= 11 is 0. The number of amidine groups is 1. The summed E-state index contributed by atoms with van der Waals surface area (Å²) in [7, 11) is 0. The van der Waals surface area contributed by atoms with E-state index in [-0.39, 0.29) is 5.78 Å². The summed E-state index contributed by atoms with van der Waals surface area (Å²) < 4.78 is 0. The SMILES string of the molecule is CC(=O)C1=C(C)N=C(c2ccccc2)NC1c1ccc(O)c([N+](=O)[O-])c1. The summed E-state index contributed by atoms with van der Waals surface area (Å²) in [6.07, 6.45) is 0. The summed E-state index contributed by atoms with van der Waals surface area (Å²) in [5.74, 6) is -0.0167. The molecule has 2 N–H and O–H groups in total. The minimum absolute atomic E-state index is 0.174. The van der Waals surface area contributed by atoms with Gasteiger partial charge in [0.1, 0.15) is 5.84 Å². The zero-order valence-corrected chi connectivity index (χ0v) is 14.3. The summed E-state index contributed by atoms with van der Waals surface area (Å²) in [4.78, 5) is 27.1. The molecule has 2 aromatic carbocycles. The number of nitrogens with zero attached hydrogens (tertiary/aromatic N) is 2. The highest BCUT2D eigenvalue weighted by atomic mass is 16.6. The molecule has 26 heavy (non-hydrogen) atoms. The minimum Gasteiger partial charge on any atom is -0.502 e. The quantitative estimate of drug-likeness (QED) is 0.650. The third-order valence-corrected chi connectivity index (χ3v) is 4.20. The number of carbonyl (C=O) groups excluding carboxylic acids is 1. The molecule has 0 aliphatic carbocycles. The lowest BCUT2D eigenvalue weighted by atomic mass is 9.92. The fourth-order valence-electron chi connectivity index (χ4n) is 3.00. The summed E-state index contributed by atoms with van der Waals surface area (Å²) in [5.41, 5.74) is 1.92. The summed E-state index contributed by atoms with van der Waals surface area (Å²) in [6.45, 7) is 3.17. The van der Waals surface area contributed by atoms with Gasteiger partial charge in [-0.15, -0.1) is 0 Å². The maximum absolute atomic E-state index is 12.2. The Hall–Kier alpha value is -3.48. The van der Waals surface area contributed by atoms with Crippen LogP contribution in [0.3, 0.4) is 0 Å². The van der Waals surface area contributed by atoms with Crippen molar-refractivity contribution >= 4 is 17.3 Å². The van der Waals surface area contributed by atoms with Gasteiger partial charge in [0.15, 0.2) is 11.5 Å². The minimum atomic E-state index is -0.655. The normalized spacial score (nSPS) is 16.7. The smallest absolute Gasteiger partial charge is 0.311 e. The van der Waals surface area contributed by atoms with Crippen LogP contribution in [-0.2, 0) is 4.79 Å². The molecule has 1 atom stereocenters. The molecule has 0 fully saturated rings. The number of rotatable bonds is 4. The van der Waals surface area contributed by atoms with Gasteiger partial charge in [-0.3, -0.25) is 14.9 Å². The van der Waals surface area contributed by atoms with Crippen LogP contribution in [-0.4, -0.2) is 21.6 Å². The van der Waals surface area contributed by atoms with E-state index in [2.05, 4.69) is 10.3 Å². The Morgan fingerprint density at radius 1 is 1.23 bits per heavy atom. The topological polar surface area (TPSA) is 105 Å². The number of allylic oxidation sites excluding steroid dienone is 1. The average Bonchev–Trinajstić information content (AvgIpc) is 2.61. The van der Waals surface area contributed by atoms with Gasteiger partial charge in [-0.2, -0.15) is 0 Å². The molecule has 0 bridgehead atoms. The van der Waals surface area contributed by atoms with Crippen LogP contribution in [0.25, 0.3) is 0 Å². The standard InChI is InChI=1S/C19H17N3O4/c1-11-17(12(2)23)18(14-8-9-16(24)15(10-14)22(25)26)21-19(20-11)13-6-4-3-5-7-13/h3-10,18,24H,1-2H3,(H,20,21). The van der Waals surface area contributed by atoms with Crippen molar-refractivity contribution in [2.24, 2.45) is 4.99 Å². The first kappa shape index (κ1) is 17.3. The average molecular weight is 351 g/mol. The molecule has 1 unspecified atom stereocenters. The van der Waals surface area contributed by atoms with E-state index in [9.17, 15) is 20.0 Å². The number of hydrogen-bond donors (Lipinski definition) is 2. The number of nitro groups is 1. The van der Waals surface area contributed by atoms with Gasteiger partial charge in [-0.05, 0) is 25.5 Å². The molecule has 0 amide bonds. The number of phenolic OH excluding ortho intramolecular Hbond substituents is 1. The molecule has 1 heterocycles. The molecule has 1 aliphatic rings. The third-order valence-electron chi connectivity index (χ3n) is 4.20. The Bertz CT molecular complexity index is 949. The maximum Gasteiger partial charge on any atom is 0.311 e. The number of aromatic hydroxyl groups is 1. The molecule has 0 radical (unpaired) electrons. The second-order valence-electron chi connectivity index (χ2n) is 5.96. The monoisotopic (exact) mass is 351 g/mol. The van der Waals surface area contributed by atoms with E-state index in [4.69, 9.17) is 0 Å². The molecule has 132 valence electrons. The van der Waals surface area contributed by atoms with Crippen molar-refractivity contribution in [3.8, 4) is 5.75 Å². The zero-order valence-electron chi connectivity index (χ0n) is 14.3. The van der Waals surface area contributed by atoms with Crippen LogP contribution in [0.2, 0.25) is 0 Å². The lowest BCUT2D eigenvalue weighted by molar-refractivity contribution is -0.385. The molecular weight excluding hydrogens is 334 g/mol. The Balaban J connectivity index is 2.12. The maximum atomic E-state index is 12.2. The number of phenols is 1. The van der Waals surface area contributed by atoms with Crippen molar-refractivity contribution in [1.82, 2.24) is 5.32 Å². The predicted molar refractivity (Wildman–Crippen MR) is 97.0 cm³/mol. The van der Waals surface area contributed by atoms with Crippen molar-refractivity contribution < 1.29 is 14.8 Å². The van der Waals surface area contributed by atoms with Crippen molar-refractivity contribution in [2.45, 2.75) is 19.9 Å². The molecule has 3 rings (SSSR count). The second-order valence-corrected chi connectivity index (χ2v) is 5.96. The fourth-order valence-corrected chi connectivity index (χ4v) is 3.00. The van der Waals surface area contributed by atoms with Crippen molar-refractivity contribution in [2.75, 3.05) is 0 Å². The number of benzene rings is 2. The van der Waals surface area contributed by atoms with Gasteiger partial charge in [0.25, 0.3) is 0 Å². The number of hydrogen-bond acceptors (Lipinski definition) is 6. The van der Waals surface area contributed by atoms with Gasteiger partial charge in [0.05, 0.1) is 11.0 Å². The first-order valence-electron chi connectivity index (χ1n) is 7.98. The van der Waals surface area contributed by atoms with Gasteiger partial charge in [0, 0.05) is 22.9 Å². The third kappa shape index (κ3) is 3.19. The molecule has 0 saturated carbocycles. The second kappa shape index (κ2) is 6.79. The molecule has 2 aromatic rings. The molecule has 1 aliphatic heterocycles. The van der Waals surface area contributed by atoms with Crippen LogP contribution in [0.4, 0.5) is 5.69 Å². The largest absolute Gasteiger partial charge is 0.502 e. The van der Waals surface area contributed by atoms with Gasteiger partial charge in [-0.1, -0.05) is 36.4 Å². The highest BCUT2D eigenvalue weighted by molar-refractivity contribution is 6.04. The number of nitro benzene ring substituents is 1. The Labute approximate surface area is 149 Å². The lowest BCUT2D eigenvalue weighted by Gasteiger charge is -2.28. The number of Topliss-reactive ketones (excluding diaryl/α,β-unsaturated/α-hetero) is 1. The first-order valence-corrected chi connectivity index (χ1v) is 7.98. The predicted octanol–water partition coefficient (Wildman–Crippen LogP) is 3.25. The van der Waals surface area contributed by atoms with E-state index in [0.29, 0.717) is 22.7 Å². The van der Waals surface area contributed by atoms with Crippen molar-refractivity contribution in [3.05, 3.63) is 81.0 Å². The summed E-state index contributed by atoms with van der Waals surface area (Å²) in [5, 5.41) is 24.0. The van der Waals surface area contributed by atoms with Gasteiger partial charge in [0.2, 0.25) is 0 Å². The Kier molecular flexibility index (Phi) is 4.53. The molecule has 7 heteroatoms.